The molecule has 1 heterocycles. The number of amides is 1. The van der Waals surface area contributed by atoms with Crippen LogP contribution in [0.4, 0.5) is 0 Å². The molecule has 1 aliphatic heterocycles. The van der Waals surface area contributed by atoms with E-state index in [2.05, 4.69) is 0 Å². The molecule has 0 spiro atoms. The summed E-state index contributed by atoms with van der Waals surface area (Å²) in [4.78, 5) is 13.1. The highest BCUT2D eigenvalue weighted by molar-refractivity contribution is 5.96. The lowest BCUT2D eigenvalue weighted by Gasteiger charge is -2.33. The van der Waals surface area contributed by atoms with Crippen LogP contribution in [-0.4, -0.2) is 24.4 Å². The summed E-state index contributed by atoms with van der Waals surface area (Å²) in [7, 11) is 1.88. The fourth-order valence-electron chi connectivity index (χ4n) is 1.60. The molecular formula is C8H11NO. The quantitative estimate of drug-likeness (QED) is 0.486. The van der Waals surface area contributed by atoms with Gasteiger partial charge in [0, 0.05) is 19.2 Å². The van der Waals surface area contributed by atoms with Gasteiger partial charge in [0.1, 0.15) is 0 Å². The van der Waals surface area contributed by atoms with Gasteiger partial charge >= 0.3 is 0 Å². The van der Waals surface area contributed by atoms with Crippen LogP contribution in [0.15, 0.2) is 11.1 Å². The lowest BCUT2D eigenvalue weighted by molar-refractivity contribution is -0.127. The van der Waals surface area contributed by atoms with E-state index in [9.17, 15) is 4.79 Å². The molecule has 0 N–H and O–H groups in total. The maximum absolute atomic E-state index is 11.3. The Balaban J connectivity index is 2.30. The van der Waals surface area contributed by atoms with Gasteiger partial charge in [-0.2, -0.15) is 0 Å². The zero-order valence-corrected chi connectivity index (χ0v) is 6.18. The minimum Gasteiger partial charge on any atom is -0.342 e. The highest BCUT2D eigenvalue weighted by Gasteiger charge is 2.29. The van der Waals surface area contributed by atoms with Crippen molar-refractivity contribution in [1.82, 2.24) is 4.90 Å². The van der Waals surface area contributed by atoms with E-state index in [1.165, 1.54) is 12.0 Å². The average molecular weight is 137 g/mol. The molecule has 2 rings (SSSR count). The number of likely N-dealkylation sites (tertiary alicyclic amines) is 1. The zero-order chi connectivity index (χ0) is 7.14. The lowest BCUT2D eigenvalue weighted by Crippen LogP contribution is -2.36. The summed E-state index contributed by atoms with van der Waals surface area (Å²) in [5, 5.41) is 0. The van der Waals surface area contributed by atoms with Crippen molar-refractivity contribution in [3.63, 3.8) is 0 Å². The van der Waals surface area contributed by atoms with Gasteiger partial charge in [-0.15, -0.1) is 0 Å². The second-order valence-corrected chi connectivity index (χ2v) is 3.06. The minimum absolute atomic E-state index is 0.271. The molecule has 10 heavy (non-hydrogen) atoms. The number of rotatable bonds is 0. The van der Waals surface area contributed by atoms with Gasteiger partial charge in [0.15, 0.2) is 0 Å². The molecule has 1 amide bonds. The molecule has 0 unspecified atom stereocenters. The SMILES string of the molecule is CN1CCC2=C(CC2)C1=O. The topological polar surface area (TPSA) is 20.3 Å². The number of carbonyl (C=O) groups is 1. The fourth-order valence-corrected chi connectivity index (χ4v) is 1.60. The summed E-state index contributed by atoms with van der Waals surface area (Å²) >= 11 is 0. The maximum atomic E-state index is 11.3. The Labute approximate surface area is 60.5 Å². The van der Waals surface area contributed by atoms with Gasteiger partial charge in [-0.25, -0.2) is 0 Å². The predicted molar refractivity (Wildman–Crippen MR) is 38.5 cm³/mol. The van der Waals surface area contributed by atoms with Crippen LogP contribution in [0.1, 0.15) is 19.3 Å². The summed E-state index contributed by atoms with van der Waals surface area (Å²) in [6, 6.07) is 0. The van der Waals surface area contributed by atoms with Gasteiger partial charge < -0.3 is 4.90 Å². The Hall–Kier alpha value is -0.790. The normalized spacial score (nSPS) is 24.5. The Morgan fingerprint density at radius 2 is 2.10 bits per heavy atom. The van der Waals surface area contributed by atoms with Crippen molar-refractivity contribution in [2.75, 3.05) is 13.6 Å². The van der Waals surface area contributed by atoms with Crippen molar-refractivity contribution in [3.8, 4) is 0 Å². The van der Waals surface area contributed by atoms with E-state index in [0.29, 0.717) is 0 Å². The van der Waals surface area contributed by atoms with Crippen LogP contribution in [0.2, 0.25) is 0 Å². The van der Waals surface area contributed by atoms with E-state index >= 15 is 0 Å². The monoisotopic (exact) mass is 137 g/mol. The van der Waals surface area contributed by atoms with Gasteiger partial charge in [-0.3, -0.25) is 4.79 Å². The van der Waals surface area contributed by atoms with Crippen LogP contribution in [0.5, 0.6) is 0 Å². The van der Waals surface area contributed by atoms with E-state index in [0.717, 1.165) is 25.0 Å². The van der Waals surface area contributed by atoms with Gasteiger partial charge in [0.2, 0.25) is 5.91 Å². The van der Waals surface area contributed by atoms with Crippen LogP contribution in [0.3, 0.4) is 0 Å². The van der Waals surface area contributed by atoms with Crippen LogP contribution >= 0.6 is 0 Å². The first kappa shape index (κ1) is 5.96. The Bertz CT molecular complexity index is 217. The molecule has 54 valence electrons. The van der Waals surface area contributed by atoms with Gasteiger partial charge in [-0.1, -0.05) is 5.57 Å². The van der Waals surface area contributed by atoms with E-state index in [1.807, 2.05) is 11.9 Å². The molecule has 2 nitrogen and oxygen atoms in total. The molecule has 0 saturated heterocycles. The zero-order valence-electron chi connectivity index (χ0n) is 6.18. The van der Waals surface area contributed by atoms with Crippen LogP contribution in [0.25, 0.3) is 0 Å². The molecular weight excluding hydrogens is 126 g/mol. The molecule has 0 aromatic rings. The highest BCUT2D eigenvalue weighted by atomic mass is 16.2. The Morgan fingerprint density at radius 3 is 2.60 bits per heavy atom. The third kappa shape index (κ3) is 0.618. The van der Waals surface area contributed by atoms with Crippen molar-refractivity contribution < 1.29 is 4.79 Å². The van der Waals surface area contributed by atoms with E-state index < -0.39 is 0 Å². The van der Waals surface area contributed by atoms with Gasteiger partial charge in [0.25, 0.3) is 0 Å². The number of carbonyl (C=O) groups excluding carboxylic acids is 1. The summed E-state index contributed by atoms with van der Waals surface area (Å²) in [6.07, 6.45) is 3.32. The van der Waals surface area contributed by atoms with Gasteiger partial charge in [-0.05, 0) is 19.3 Å². The molecule has 0 saturated carbocycles. The average Bonchev–Trinajstić information content (AvgIpc) is 1.82. The molecule has 0 fully saturated rings. The summed E-state index contributed by atoms with van der Waals surface area (Å²) in [5.74, 6) is 0.271. The molecule has 0 atom stereocenters. The van der Waals surface area contributed by atoms with E-state index in [-0.39, 0.29) is 5.91 Å². The molecule has 0 bridgehead atoms. The van der Waals surface area contributed by atoms with Crippen molar-refractivity contribution in [1.29, 1.82) is 0 Å². The summed E-state index contributed by atoms with van der Waals surface area (Å²) in [5.41, 5.74) is 2.52. The Kier molecular flexibility index (Phi) is 1.10. The van der Waals surface area contributed by atoms with E-state index in [1.54, 1.807) is 0 Å². The number of hydrogen-bond acceptors (Lipinski definition) is 1. The lowest BCUT2D eigenvalue weighted by atomic mass is 9.83. The van der Waals surface area contributed by atoms with Gasteiger partial charge in [0.05, 0.1) is 0 Å². The van der Waals surface area contributed by atoms with Crippen molar-refractivity contribution >= 4 is 5.91 Å². The van der Waals surface area contributed by atoms with Crippen LogP contribution in [0, 0.1) is 0 Å². The molecule has 2 heteroatoms. The number of hydrogen-bond donors (Lipinski definition) is 0. The van der Waals surface area contributed by atoms with Crippen molar-refractivity contribution in [3.05, 3.63) is 11.1 Å². The first-order valence-electron chi connectivity index (χ1n) is 3.75. The second kappa shape index (κ2) is 1.84. The molecule has 0 radical (unpaired) electrons. The first-order chi connectivity index (χ1) is 4.79. The smallest absolute Gasteiger partial charge is 0.249 e. The number of nitrogens with zero attached hydrogens (tertiary/aromatic N) is 1. The van der Waals surface area contributed by atoms with E-state index in [4.69, 9.17) is 0 Å². The van der Waals surface area contributed by atoms with Crippen molar-refractivity contribution in [2.45, 2.75) is 19.3 Å². The Morgan fingerprint density at radius 1 is 1.30 bits per heavy atom. The maximum Gasteiger partial charge on any atom is 0.249 e. The molecule has 1 aliphatic carbocycles. The van der Waals surface area contributed by atoms with Crippen LogP contribution in [-0.2, 0) is 4.79 Å². The number of likely N-dealkylation sites (N-methyl/N-ethyl adjacent to an activating group) is 1. The summed E-state index contributed by atoms with van der Waals surface area (Å²) < 4.78 is 0. The van der Waals surface area contributed by atoms with Crippen molar-refractivity contribution in [2.24, 2.45) is 0 Å². The highest BCUT2D eigenvalue weighted by Crippen LogP contribution is 2.34. The first-order valence-corrected chi connectivity index (χ1v) is 3.75. The standard InChI is InChI=1S/C8H11NO/c1-9-5-4-6-2-3-7(6)8(9)10/h2-5H2,1H3. The largest absolute Gasteiger partial charge is 0.342 e. The second-order valence-electron chi connectivity index (χ2n) is 3.06. The fraction of sp³-hybridized carbons (Fsp3) is 0.625. The third-order valence-corrected chi connectivity index (χ3v) is 2.46. The minimum atomic E-state index is 0.271. The summed E-state index contributed by atoms with van der Waals surface area (Å²) in [6.45, 7) is 0.928. The molecule has 0 aromatic carbocycles. The predicted octanol–water partition coefficient (Wildman–Crippen LogP) is 0.939. The van der Waals surface area contributed by atoms with Crippen LogP contribution < -0.4 is 0 Å². The third-order valence-electron chi connectivity index (χ3n) is 2.46. The molecule has 0 aromatic heterocycles. The molecule has 2 aliphatic rings.